The van der Waals surface area contributed by atoms with Crippen molar-refractivity contribution in [2.24, 2.45) is 11.8 Å². The van der Waals surface area contributed by atoms with Crippen LogP contribution in [0.3, 0.4) is 0 Å². The Bertz CT molecular complexity index is 1490. The van der Waals surface area contributed by atoms with Gasteiger partial charge in [-0.2, -0.15) is 0 Å². The van der Waals surface area contributed by atoms with Gasteiger partial charge in [-0.15, -0.1) is 0 Å². The molecule has 2 aromatic heterocycles. The van der Waals surface area contributed by atoms with Gasteiger partial charge in [-0.3, -0.25) is 0 Å². The second-order valence-corrected chi connectivity index (χ2v) is 12.0. The molecule has 6 nitrogen and oxygen atoms in total. The van der Waals surface area contributed by atoms with Crippen molar-refractivity contribution in [3.63, 3.8) is 0 Å². The molecule has 9 rings (SSSR count). The van der Waals surface area contributed by atoms with Gasteiger partial charge in [0.1, 0.15) is 11.6 Å². The topological polar surface area (TPSA) is 81.4 Å². The fourth-order valence-corrected chi connectivity index (χ4v) is 7.23. The number of benzene rings is 2. The summed E-state index contributed by atoms with van der Waals surface area (Å²) in [6, 6.07) is 18.1. The van der Waals surface area contributed by atoms with E-state index in [4.69, 9.17) is 4.98 Å². The zero-order valence-corrected chi connectivity index (χ0v) is 20.9. The molecule has 0 radical (unpaired) electrons. The van der Waals surface area contributed by atoms with Gasteiger partial charge in [-0.1, -0.05) is 42.5 Å². The summed E-state index contributed by atoms with van der Waals surface area (Å²) in [6.07, 6.45) is 10.5. The third kappa shape index (κ3) is 3.46. The van der Waals surface area contributed by atoms with E-state index >= 15 is 0 Å². The smallest absolute Gasteiger partial charge is 0.124 e. The molecule has 5 aliphatic rings. The Kier molecular flexibility index (Phi) is 4.30. The lowest BCUT2D eigenvalue weighted by atomic mass is 9.95. The number of nitrogens with one attached hydrogen (secondary N) is 4. The minimum atomic E-state index is 0.391. The van der Waals surface area contributed by atoms with Gasteiger partial charge in [0.2, 0.25) is 0 Å². The summed E-state index contributed by atoms with van der Waals surface area (Å²) >= 11 is 0. The zero-order chi connectivity index (χ0) is 24.1. The Labute approximate surface area is 216 Å². The minimum absolute atomic E-state index is 0.391. The van der Waals surface area contributed by atoms with Gasteiger partial charge in [0.15, 0.2) is 0 Å². The number of aromatic nitrogens is 4. The van der Waals surface area contributed by atoms with Crippen molar-refractivity contribution in [3.05, 3.63) is 71.6 Å². The van der Waals surface area contributed by atoms with E-state index in [1.54, 1.807) is 0 Å². The first-order chi connectivity index (χ1) is 18.2. The molecule has 0 spiro atoms. The lowest BCUT2D eigenvalue weighted by molar-refractivity contribution is 0.542. The fraction of sp³-hybridized carbons (Fsp3) is 0.419. The number of rotatable bonds is 4. The molecule has 4 N–H and O–H groups in total. The number of fused-ring (bicyclic) bond motifs is 5. The van der Waals surface area contributed by atoms with Crippen molar-refractivity contribution in [1.29, 1.82) is 0 Å². The summed E-state index contributed by atoms with van der Waals surface area (Å²) in [5.74, 6) is 3.97. The molecule has 0 amide bonds. The normalized spacial score (nSPS) is 30.8. The van der Waals surface area contributed by atoms with Crippen LogP contribution in [0.5, 0.6) is 0 Å². The number of piperidine rings is 2. The highest BCUT2D eigenvalue weighted by Crippen LogP contribution is 2.47. The maximum Gasteiger partial charge on any atom is 0.124 e. The number of H-pyrrole nitrogens is 2. The summed E-state index contributed by atoms with van der Waals surface area (Å²) in [5.41, 5.74) is 10.0. The minimum Gasteiger partial charge on any atom is -0.344 e. The van der Waals surface area contributed by atoms with Crippen LogP contribution in [0.1, 0.15) is 67.1 Å². The van der Waals surface area contributed by atoms with Gasteiger partial charge in [0, 0.05) is 23.3 Å². The number of hydrogen-bond acceptors (Lipinski definition) is 4. The van der Waals surface area contributed by atoms with Crippen LogP contribution in [0.25, 0.3) is 33.6 Å². The number of imidazole rings is 2. The third-order valence-electron chi connectivity index (χ3n) is 9.57. The standard InChI is InChI=1S/C31H32N6/c1-2-19-10-18(8-9-22(19)29-23(3-1)35-31(37-29)27-14-21-12-25(21)34-27)16-4-6-17(7-5-16)28-15-32-30(36-28)26-13-20-11-24(20)33-26/h4-10,15,20-21,24-27,33-34H,1-3,11-14H2,(H,32,36)(H,35,37)/t20?,21-,24-,25-,26+,27+/m1/s1. The van der Waals surface area contributed by atoms with Crippen LogP contribution in [-0.4, -0.2) is 32.0 Å². The van der Waals surface area contributed by atoms with Crippen molar-refractivity contribution in [2.45, 2.75) is 69.1 Å². The monoisotopic (exact) mass is 488 g/mol. The summed E-state index contributed by atoms with van der Waals surface area (Å²) in [6.45, 7) is 0. The second-order valence-electron chi connectivity index (χ2n) is 12.0. The summed E-state index contributed by atoms with van der Waals surface area (Å²) in [4.78, 5) is 17.1. The molecule has 6 heteroatoms. The van der Waals surface area contributed by atoms with Crippen LogP contribution < -0.4 is 10.6 Å². The molecule has 4 heterocycles. The van der Waals surface area contributed by atoms with E-state index in [0.29, 0.717) is 12.1 Å². The first-order valence-electron chi connectivity index (χ1n) is 14.1. The number of nitrogens with zero attached hydrogens (tertiary/aromatic N) is 2. The molecule has 3 aliphatic carbocycles. The van der Waals surface area contributed by atoms with Crippen LogP contribution in [-0.2, 0) is 12.8 Å². The van der Waals surface area contributed by atoms with Crippen LogP contribution in [0.15, 0.2) is 48.7 Å². The van der Waals surface area contributed by atoms with Gasteiger partial charge in [-0.05, 0) is 79.0 Å². The Morgan fingerprint density at radius 3 is 2.19 bits per heavy atom. The lowest BCUT2D eigenvalue weighted by Gasteiger charge is -2.11. The molecule has 4 fully saturated rings. The lowest BCUT2D eigenvalue weighted by Crippen LogP contribution is -2.18. The van der Waals surface area contributed by atoms with Crippen LogP contribution in [0, 0.1) is 11.8 Å². The summed E-state index contributed by atoms with van der Waals surface area (Å²) in [7, 11) is 0. The largest absolute Gasteiger partial charge is 0.344 e. The molecule has 6 atom stereocenters. The van der Waals surface area contributed by atoms with Gasteiger partial charge >= 0.3 is 0 Å². The van der Waals surface area contributed by atoms with E-state index < -0.39 is 0 Å². The zero-order valence-electron chi connectivity index (χ0n) is 20.9. The van der Waals surface area contributed by atoms with E-state index in [-0.39, 0.29) is 0 Å². The van der Waals surface area contributed by atoms with E-state index in [1.807, 2.05) is 6.20 Å². The molecule has 1 unspecified atom stereocenters. The van der Waals surface area contributed by atoms with Crippen molar-refractivity contribution in [1.82, 2.24) is 30.6 Å². The maximum atomic E-state index is 5.14. The molecule has 2 aliphatic heterocycles. The Hall–Kier alpha value is -3.22. The summed E-state index contributed by atoms with van der Waals surface area (Å²) in [5, 5.41) is 7.45. The average Bonchev–Trinajstić information content (AvgIpc) is 3.52. The highest BCUT2D eigenvalue weighted by molar-refractivity contribution is 5.75. The van der Waals surface area contributed by atoms with E-state index in [9.17, 15) is 0 Å². The first-order valence-corrected chi connectivity index (χ1v) is 14.1. The fourth-order valence-electron chi connectivity index (χ4n) is 7.23. The van der Waals surface area contributed by atoms with Gasteiger partial charge < -0.3 is 20.6 Å². The van der Waals surface area contributed by atoms with Crippen molar-refractivity contribution >= 4 is 0 Å². The maximum absolute atomic E-state index is 5.14. The van der Waals surface area contributed by atoms with Crippen LogP contribution in [0.2, 0.25) is 0 Å². The van der Waals surface area contributed by atoms with Crippen molar-refractivity contribution in [2.75, 3.05) is 0 Å². The highest BCUT2D eigenvalue weighted by atomic mass is 15.1. The molecule has 0 bridgehead atoms. The number of aromatic amines is 2. The Morgan fingerprint density at radius 2 is 1.43 bits per heavy atom. The molecule has 2 saturated heterocycles. The number of hydrogen-bond donors (Lipinski definition) is 4. The van der Waals surface area contributed by atoms with Crippen LogP contribution in [0.4, 0.5) is 0 Å². The van der Waals surface area contributed by atoms with Gasteiger partial charge in [-0.25, -0.2) is 9.97 Å². The van der Waals surface area contributed by atoms with E-state index in [0.717, 1.165) is 60.5 Å². The molecule has 4 aromatic rings. The Morgan fingerprint density at radius 1 is 0.703 bits per heavy atom. The average molecular weight is 489 g/mol. The molecular formula is C31H32N6. The third-order valence-corrected chi connectivity index (χ3v) is 9.57. The van der Waals surface area contributed by atoms with Gasteiger partial charge in [0.05, 0.1) is 29.7 Å². The van der Waals surface area contributed by atoms with Crippen molar-refractivity contribution in [3.8, 4) is 33.6 Å². The van der Waals surface area contributed by atoms with Crippen molar-refractivity contribution < 1.29 is 0 Å². The summed E-state index contributed by atoms with van der Waals surface area (Å²) < 4.78 is 0. The number of aryl methyl sites for hydroxylation is 2. The Balaban J connectivity index is 0.975. The predicted molar refractivity (Wildman–Crippen MR) is 144 cm³/mol. The highest BCUT2D eigenvalue weighted by Gasteiger charge is 2.47. The molecular weight excluding hydrogens is 456 g/mol. The quantitative estimate of drug-likeness (QED) is 0.307. The molecule has 2 aromatic carbocycles. The predicted octanol–water partition coefficient (Wildman–Crippen LogP) is 5.47. The second kappa shape index (κ2) is 7.65. The van der Waals surface area contributed by atoms with E-state index in [1.165, 1.54) is 64.9 Å². The van der Waals surface area contributed by atoms with Crippen LogP contribution >= 0.6 is 0 Å². The molecule has 2 saturated carbocycles. The SMILES string of the molecule is c1cc(-c2cnc([C@@H]3CC4C[C@H]4N3)[nH]2)ccc1-c1ccc2c(c1)CCCc1[nH]c([C@@H]3C[C@H]4C[C@H]4N3)nc1-2. The first kappa shape index (κ1) is 20.8. The van der Waals surface area contributed by atoms with E-state index in [2.05, 4.69) is 68.1 Å². The van der Waals surface area contributed by atoms with Gasteiger partial charge in [0.25, 0.3) is 0 Å². The molecule has 186 valence electrons. The molecule has 37 heavy (non-hydrogen) atoms.